The number of Topliss-reactive ketones (excluding diaryl/α,β-unsaturated/α-hetero) is 4. The van der Waals surface area contributed by atoms with E-state index in [9.17, 15) is 19.2 Å². The van der Waals surface area contributed by atoms with E-state index < -0.39 is 23.1 Å². The minimum Gasteiger partial charge on any atom is -0.493 e. The Morgan fingerprint density at radius 1 is 0.440 bits per heavy atom. The number of carbonyl (C=O) groups is 4. The molecular weight excluding hydrogens is 656 g/mol. The minimum absolute atomic E-state index is 0.0255. The zero-order valence-corrected chi connectivity index (χ0v) is 27.7. The molecule has 0 amide bonds. The van der Waals surface area contributed by atoms with Gasteiger partial charge < -0.3 is 47.4 Å². The molecule has 0 aliphatic carbocycles. The number of hydrogen-bond donors (Lipinski definition) is 0. The van der Waals surface area contributed by atoms with Crippen molar-refractivity contribution >= 4 is 23.1 Å². The zero-order valence-electron chi connectivity index (χ0n) is 27.7. The molecule has 2 aliphatic rings. The summed E-state index contributed by atoms with van der Waals surface area (Å²) in [6.45, 7) is -0.502. The van der Waals surface area contributed by atoms with E-state index in [1.165, 1.54) is 91.2 Å². The van der Waals surface area contributed by atoms with Crippen LogP contribution in [-0.4, -0.2) is 79.4 Å². The van der Waals surface area contributed by atoms with E-state index in [2.05, 4.69) is 0 Å². The highest BCUT2D eigenvalue weighted by molar-refractivity contribution is 6.50. The summed E-state index contributed by atoms with van der Waals surface area (Å²) in [7, 11) is 8.32. The Hall–Kier alpha value is -6.44. The average Bonchev–Trinajstić information content (AvgIpc) is 3.86. The van der Waals surface area contributed by atoms with Gasteiger partial charge in [0.2, 0.25) is 48.2 Å². The molecule has 0 atom stereocenters. The summed E-state index contributed by atoms with van der Waals surface area (Å²) >= 11 is 0. The predicted octanol–water partition coefficient (Wildman–Crippen LogP) is 4.99. The second kappa shape index (κ2) is 13.6. The first-order valence-electron chi connectivity index (χ1n) is 14.8. The fourth-order valence-electron chi connectivity index (χ4n) is 5.69. The number of carbonyl (C=O) groups excluding carboxylic acids is 4. The van der Waals surface area contributed by atoms with Gasteiger partial charge in [0.1, 0.15) is 0 Å². The van der Waals surface area contributed by atoms with Gasteiger partial charge in [-0.3, -0.25) is 19.2 Å². The summed E-state index contributed by atoms with van der Waals surface area (Å²) in [6, 6.07) is 11.3. The molecule has 14 heteroatoms. The van der Waals surface area contributed by atoms with Gasteiger partial charge >= 0.3 is 0 Å². The van der Waals surface area contributed by atoms with Crippen LogP contribution < -0.4 is 47.4 Å². The van der Waals surface area contributed by atoms with E-state index in [0.29, 0.717) is 11.5 Å². The number of hydrogen-bond acceptors (Lipinski definition) is 14. The molecule has 2 aliphatic heterocycles. The van der Waals surface area contributed by atoms with Gasteiger partial charge in [-0.05, 0) is 48.5 Å². The Morgan fingerprint density at radius 2 is 0.800 bits per heavy atom. The van der Waals surface area contributed by atoms with E-state index >= 15 is 0 Å². The molecule has 2 heterocycles. The van der Waals surface area contributed by atoms with Gasteiger partial charge in [-0.2, -0.15) is 0 Å². The highest BCUT2D eigenvalue weighted by atomic mass is 16.7. The van der Waals surface area contributed by atoms with E-state index in [1.807, 2.05) is 0 Å². The summed E-state index contributed by atoms with van der Waals surface area (Å²) in [4.78, 5) is 55.1. The Kier molecular flexibility index (Phi) is 9.09. The van der Waals surface area contributed by atoms with Crippen molar-refractivity contribution in [3.8, 4) is 68.6 Å². The smallest absolute Gasteiger partial charge is 0.237 e. The number of rotatable bonds is 13. The third kappa shape index (κ3) is 5.49. The first-order chi connectivity index (χ1) is 24.2. The molecule has 0 aromatic heterocycles. The molecule has 0 spiro atoms. The molecule has 14 nitrogen and oxygen atoms in total. The number of methoxy groups -OCH3 is 6. The Bertz CT molecular complexity index is 1920. The first kappa shape index (κ1) is 33.5. The fourth-order valence-corrected chi connectivity index (χ4v) is 5.69. The van der Waals surface area contributed by atoms with E-state index in [1.54, 1.807) is 0 Å². The van der Waals surface area contributed by atoms with Gasteiger partial charge in [-0.15, -0.1) is 0 Å². The van der Waals surface area contributed by atoms with Crippen molar-refractivity contribution in [2.24, 2.45) is 0 Å². The lowest BCUT2D eigenvalue weighted by molar-refractivity contribution is 0.0814. The summed E-state index contributed by atoms with van der Waals surface area (Å²) < 4.78 is 55.3. The van der Waals surface area contributed by atoms with Gasteiger partial charge in [-0.25, -0.2) is 0 Å². The average molecular weight is 687 g/mol. The monoisotopic (exact) mass is 686 g/mol. The van der Waals surface area contributed by atoms with Crippen molar-refractivity contribution < 1.29 is 66.5 Å². The number of ketones is 4. The quantitative estimate of drug-likeness (QED) is 0.137. The Balaban J connectivity index is 1.50. The van der Waals surface area contributed by atoms with Crippen LogP contribution in [0.5, 0.6) is 57.5 Å². The maximum Gasteiger partial charge on any atom is 0.237 e. The van der Waals surface area contributed by atoms with Crippen molar-refractivity contribution in [1.29, 1.82) is 0 Å². The maximum absolute atomic E-state index is 13.9. The molecule has 0 fully saturated rings. The van der Waals surface area contributed by atoms with Crippen LogP contribution in [0.15, 0.2) is 48.5 Å². The van der Waals surface area contributed by atoms with Crippen LogP contribution in [-0.2, 0) is 0 Å². The van der Waals surface area contributed by atoms with Crippen LogP contribution in [0.3, 0.4) is 0 Å². The predicted molar refractivity (Wildman–Crippen MR) is 174 cm³/mol. The Morgan fingerprint density at radius 3 is 1.14 bits per heavy atom. The fraction of sp³-hybridized carbons (Fsp3) is 0.222. The van der Waals surface area contributed by atoms with Gasteiger partial charge in [0.05, 0.1) is 53.8 Å². The van der Waals surface area contributed by atoms with Crippen LogP contribution in [0.2, 0.25) is 0 Å². The molecule has 50 heavy (non-hydrogen) atoms. The first-order valence-corrected chi connectivity index (χ1v) is 14.8. The lowest BCUT2D eigenvalue weighted by Gasteiger charge is -2.17. The van der Waals surface area contributed by atoms with Gasteiger partial charge in [-0.1, -0.05) is 0 Å². The summed E-state index contributed by atoms with van der Waals surface area (Å²) in [6.07, 6.45) is 0. The van der Waals surface area contributed by atoms with Crippen LogP contribution in [0.25, 0.3) is 11.1 Å². The highest BCUT2D eigenvalue weighted by Gasteiger charge is 2.37. The Labute approximate surface area is 285 Å². The number of fused-ring (bicyclic) bond motifs is 2. The van der Waals surface area contributed by atoms with E-state index in [-0.39, 0.29) is 93.0 Å². The van der Waals surface area contributed by atoms with Crippen molar-refractivity contribution in [2.45, 2.75) is 0 Å². The van der Waals surface area contributed by atoms with Crippen molar-refractivity contribution in [3.05, 3.63) is 70.8 Å². The van der Waals surface area contributed by atoms with Crippen LogP contribution in [0.4, 0.5) is 0 Å². The van der Waals surface area contributed by atoms with Crippen LogP contribution >= 0.6 is 0 Å². The lowest BCUT2D eigenvalue weighted by atomic mass is 9.91. The molecule has 0 unspecified atom stereocenters. The van der Waals surface area contributed by atoms with E-state index in [0.717, 1.165) is 0 Å². The number of ether oxygens (including phenoxy) is 10. The molecule has 4 aromatic carbocycles. The normalized spacial score (nSPS) is 12.2. The molecule has 4 aromatic rings. The topological polar surface area (TPSA) is 161 Å². The molecule has 0 bridgehead atoms. The summed E-state index contributed by atoms with van der Waals surface area (Å²) in [5, 5.41) is 0. The van der Waals surface area contributed by atoms with Gasteiger partial charge in [0.15, 0.2) is 46.0 Å². The zero-order chi connectivity index (χ0) is 35.7. The summed E-state index contributed by atoms with van der Waals surface area (Å²) in [5.74, 6) is -2.22. The van der Waals surface area contributed by atoms with Crippen LogP contribution in [0, 0.1) is 0 Å². The molecule has 0 saturated heterocycles. The molecule has 0 N–H and O–H groups in total. The SMILES string of the molecule is COc1ccc(C(=O)C(=O)c2cc(-c3cc(C(=O)C(=O)c4ccc(OC)c(OC)c4)c(OC)c4c3OCO4)c3c(c2OC)OCO3)cc1OC. The highest BCUT2D eigenvalue weighted by Crippen LogP contribution is 2.56. The van der Waals surface area contributed by atoms with Gasteiger partial charge in [0, 0.05) is 22.3 Å². The van der Waals surface area contributed by atoms with Gasteiger partial charge in [0.25, 0.3) is 0 Å². The molecule has 258 valence electrons. The second-order valence-electron chi connectivity index (χ2n) is 10.6. The minimum atomic E-state index is -0.948. The maximum atomic E-state index is 13.9. The molecule has 0 saturated carbocycles. The van der Waals surface area contributed by atoms with Crippen molar-refractivity contribution in [1.82, 2.24) is 0 Å². The van der Waals surface area contributed by atoms with Crippen molar-refractivity contribution in [2.75, 3.05) is 56.2 Å². The lowest BCUT2D eigenvalue weighted by Crippen LogP contribution is -2.17. The third-order valence-electron chi connectivity index (χ3n) is 8.09. The molecular formula is C36H30O14. The largest absolute Gasteiger partial charge is 0.493 e. The second-order valence-corrected chi connectivity index (χ2v) is 10.6. The van der Waals surface area contributed by atoms with Crippen LogP contribution in [0.1, 0.15) is 41.4 Å². The van der Waals surface area contributed by atoms with E-state index in [4.69, 9.17) is 47.4 Å². The van der Waals surface area contributed by atoms with Crippen molar-refractivity contribution in [3.63, 3.8) is 0 Å². The summed E-state index contributed by atoms with van der Waals surface area (Å²) in [5.41, 5.74) is 0.0567. The molecule has 6 rings (SSSR count). The molecule has 0 radical (unpaired) electrons. The number of benzene rings is 4. The standard InChI is InChI=1S/C36H30O14/c1-41-23-9-7-17(11-25(23)43-3)27(37)29(39)21-13-19(33-35(31(21)45-5)49-15-47-33)20-14-22(32(46-6)36-34(20)48-16-50-36)30(40)28(38)18-8-10-24(42-2)26(12-18)44-4/h7-14H,15-16H2,1-6H3. The third-order valence-corrected chi connectivity index (χ3v) is 8.09.